The topological polar surface area (TPSA) is 66.8 Å². The van der Waals surface area contributed by atoms with Crippen molar-refractivity contribution in [1.29, 1.82) is 0 Å². The third-order valence-electron chi connectivity index (χ3n) is 4.68. The van der Waals surface area contributed by atoms with Crippen LogP contribution in [0.2, 0.25) is 0 Å². The minimum Gasteiger partial charge on any atom is -0.497 e. The lowest BCUT2D eigenvalue weighted by molar-refractivity contribution is -0.133. The first-order valence-corrected chi connectivity index (χ1v) is 8.50. The molecule has 28 heavy (non-hydrogen) atoms. The van der Waals surface area contributed by atoms with Gasteiger partial charge in [0, 0.05) is 18.2 Å². The van der Waals surface area contributed by atoms with Crippen LogP contribution < -0.4 is 9.64 Å². The molecule has 0 unspecified atom stereocenters. The monoisotopic (exact) mass is 390 g/mol. The van der Waals surface area contributed by atoms with Crippen molar-refractivity contribution in [3.8, 4) is 16.9 Å². The predicted molar refractivity (Wildman–Crippen MR) is 100 cm³/mol. The Hall–Kier alpha value is -3.22. The van der Waals surface area contributed by atoms with Crippen molar-refractivity contribution >= 4 is 17.6 Å². The van der Waals surface area contributed by atoms with E-state index in [2.05, 4.69) is 0 Å². The van der Waals surface area contributed by atoms with Gasteiger partial charge in [0.15, 0.2) is 11.6 Å². The van der Waals surface area contributed by atoms with Crippen molar-refractivity contribution in [1.82, 2.24) is 0 Å². The summed E-state index contributed by atoms with van der Waals surface area (Å²) < 4.78 is 55.9. The maximum Gasteiger partial charge on any atom is 0.332 e. The first kappa shape index (κ1) is 15.8. The number of nitrogens with zero attached hydrogens (tertiary/aromatic N) is 1. The van der Waals surface area contributed by atoms with Gasteiger partial charge < -0.3 is 14.7 Å². The highest BCUT2D eigenvalue weighted by molar-refractivity contribution is 6.10. The van der Waals surface area contributed by atoms with Gasteiger partial charge in [0.25, 0.3) is 5.91 Å². The van der Waals surface area contributed by atoms with Crippen molar-refractivity contribution in [3.05, 3.63) is 59.2 Å². The number of benzene rings is 2. The molecule has 1 aliphatic rings. The Morgan fingerprint density at radius 3 is 2.43 bits per heavy atom. The van der Waals surface area contributed by atoms with Gasteiger partial charge in [-0.05, 0) is 54.7 Å². The number of carbonyl (C=O) groups is 2. The fourth-order valence-electron chi connectivity index (χ4n) is 3.31. The summed E-state index contributed by atoms with van der Waals surface area (Å²) in [4.78, 5) is 24.8. The van der Waals surface area contributed by atoms with Gasteiger partial charge in [-0.3, -0.25) is 4.79 Å². The van der Waals surface area contributed by atoms with Crippen LogP contribution in [0.25, 0.3) is 11.1 Å². The van der Waals surface area contributed by atoms with Crippen LogP contribution in [0.5, 0.6) is 5.75 Å². The maximum absolute atomic E-state index is 14.8. The average molecular weight is 390 g/mol. The predicted octanol–water partition coefficient (Wildman–Crippen LogP) is 4.17. The van der Waals surface area contributed by atoms with Gasteiger partial charge in [-0.1, -0.05) is 12.1 Å². The molecule has 0 aliphatic heterocycles. The van der Waals surface area contributed by atoms with Crippen LogP contribution in [0, 0.1) is 11.6 Å². The standard InChI is InChI=1S/C21H19F2NO4/c1-24(20(25)15-7-4-8-16(15)21(26)27)19-17(22)10-13(11-18(19)23)12-5-3-6-14(9-12)28-2/h3,5-6,9-11H,4,7-8H2,1-2H3,(H,26,27)/i2D3. The Morgan fingerprint density at radius 1 is 1.11 bits per heavy atom. The number of halogens is 2. The zero-order valence-electron chi connectivity index (χ0n) is 18.0. The minimum absolute atomic E-state index is 0.00376. The van der Waals surface area contributed by atoms with Gasteiger partial charge in [0.2, 0.25) is 0 Å². The SMILES string of the molecule is [2H]C([2H])([2H])Oc1cccc(-c2cc(F)c(N(C)C(=O)C3=C(C(=O)O)CCC3)c(F)c2)c1. The minimum atomic E-state index is -2.67. The highest BCUT2D eigenvalue weighted by atomic mass is 19.1. The molecular weight excluding hydrogens is 368 g/mol. The second kappa shape index (κ2) is 7.80. The summed E-state index contributed by atoms with van der Waals surface area (Å²) in [5.74, 6) is -4.03. The Morgan fingerprint density at radius 2 is 1.79 bits per heavy atom. The lowest BCUT2D eigenvalue weighted by atomic mass is 10.0. The molecule has 0 aromatic heterocycles. The van der Waals surface area contributed by atoms with Gasteiger partial charge in [-0.2, -0.15) is 0 Å². The molecule has 0 saturated carbocycles. The summed E-state index contributed by atoms with van der Waals surface area (Å²) >= 11 is 0. The molecule has 2 aromatic carbocycles. The molecule has 5 nitrogen and oxygen atoms in total. The van der Waals surface area contributed by atoms with Gasteiger partial charge in [-0.25, -0.2) is 13.6 Å². The van der Waals surface area contributed by atoms with Crippen molar-refractivity contribution < 1.29 is 32.3 Å². The fraction of sp³-hybridized carbons (Fsp3) is 0.238. The molecule has 3 rings (SSSR count). The number of rotatable bonds is 5. The van der Waals surface area contributed by atoms with Crippen molar-refractivity contribution in [2.24, 2.45) is 0 Å². The number of aliphatic carboxylic acids is 1. The summed E-state index contributed by atoms with van der Waals surface area (Å²) in [5, 5.41) is 9.23. The van der Waals surface area contributed by atoms with Gasteiger partial charge in [0.05, 0.1) is 11.2 Å². The maximum atomic E-state index is 14.8. The van der Waals surface area contributed by atoms with Crippen LogP contribution in [-0.4, -0.2) is 31.1 Å². The van der Waals surface area contributed by atoms with E-state index in [1.807, 2.05) is 0 Å². The van der Waals surface area contributed by atoms with Crippen molar-refractivity contribution in [3.63, 3.8) is 0 Å². The zero-order chi connectivity index (χ0) is 22.9. The van der Waals surface area contributed by atoms with E-state index < -0.39 is 36.2 Å². The van der Waals surface area contributed by atoms with Gasteiger partial charge >= 0.3 is 5.97 Å². The number of methoxy groups -OCH3 is 1. The summed E-state index contributed by atoms with van der Waals surface area (Å²) in [6.07, 6.45) is 0.931. The lowest BCUT2D eigenvalue weighted by Gasteiger charge is -2.20. The third-order valence-corrected chi connectivity index (χ3v) is 4.68. The molecule has 0 atom stereocenters. The van der Waals surface area contributed by atoms with Crippen molar-refractivity contribution in [2.45, 2.75) is 19.3 Å². The summed E-state index contributed by atoms with van der Waals surface area (Å²) in [7, 11) is -1.50. The molecule has 0 radical (unpaired) electrons. The Balaban J connectivity index is 1.94. The van der Waals surface area contributed by atoms with Crippen LogP contribution in [0.3, 0.4) is 0 Å². The van der Waals surface area contributed by atoms with Crippen LogP contribution in [0.15, 0.2) is 47.5 Å². The number of hydrogen-bond donors (Lipinski definition) is 1. The fourth-order valence-corrected chi connectivity index (χ4v) is 3.31. The lowest BCUT2D eigenvalue weighted by Crippen LogP contribution is -2.30. The van der Waals surface area contributed by atoms with Crippen LogP contribution in [0.4, 0.5) is 14.5 Å². The highest BCUT2D eigenvalue weighted by Gasteiger charge is 2.30. The second-order valence-electron chi connectivity index (χ2n) is 6.40. The highest BCUT2D eigenvalue weighted by Crippen LogP contribution is 2.33. The molecule has 2 aromatic rings. The molecule has 0 saturated heterocycles. The van der Waals surface area contributed by atoms with E-state index in [0.717, 1.165) is 17.0 Å². The summed E-state index contributed by atoms with van der Waals surface area (Å²) in [6, 6.07) is 7.76. The van der Waals surface area contributed by atoms with E-state index in [-0.39, 0.29) is 35.3 Å². The molecule has 0 heterocycles. The first-order chi connectivity index (χ1) is 14.5. The van der Waals surface area contributed by atoms with E-state index in [1.165, 1.54) is 31.3 Å². The van der Waals surface area contributed by atoms with Crippen molar-refractivity contribution in [2.75, 3.05) is 19.0 Å². The third kappa shape index (κ3) is 3.60. The molecular formula is C21H19F2NO4. The van der Waals surface area contributed by atoms with E-state index in [1.54, 1.807) is 0 Å². The normalized spacial score (nSPS) is 15.6. The Labute approximate surface area is 165 Å². The number of hydrogen-bond acceptors (Lipinski definition) is 3. The Kier molecular flexibility index (Phi) is 4.40. The van der Waals surface area contributed by atoms with Crippen LogP contribution in [-0.2, 0) is 9.59 Å². The number of carbonyl (C=O) groups excluding carboxylic acids is 1. The average Bonchev–Trinajstić information content (AvgIpc) is 3.15. The van der Waals surface area contributed by atoms with Gasteiger partial charge in [0.1, 0.15) is 11.4 Å². The molecule has 0 spiro atoms. The van der Waals surface area contributed by atoms with E-state index in [0.29, 0.717) is 12.0 Å². The quantitative estimate of drug-likeness (QED) is 0.832. The molecule has 146 valence electrons. The molecule has 7 heteroatoms. The number of ether oxygens (including phenoxy) is 1. The van der Waals surface area contributed by atoms with E-state index in [9.17, 15) is 23.5 Å². The van der Waals surface area contributed by atoms with Crippen LogP contribution in [0.1, 0.15) is 23.4 Å². The summed E-state index contributed by atoms with van der Waals surface area (Å²) in [5.41, 5.74) is -0.186. The number of carboxylic acid groups (broad SMARTS) is 1. The first-order valence-electron chi connectivity index (χ1n) is 10.00. The number of amides is 1. The largest absolute Gasteiger partial charge is 0.497 e. The number of anilines is 1. The number of likely N-dealkylation sites (N-methyl/N-ethyl adjacent to an activating group) is 1. The molecule has 1 N–H and O–H groups in total. The van der Waals surface area contributed by atoms with E-state index >= 15 is 0 Å². The van der Waals surface area contributed by atoms with E-state index in [4.69, 9.17) is 8.85 Å². The number of carboxylic acids is 1. The van der Waals surface area contributed by atoms with Crippen LogP contribution >= 0.6 is 0 Å². The molecule has 0 fully saturated rings. The zero-order valence-corrected chi connectivity index (χ0v) is 15.0. The van der Waals surface area contributed by atoms with Gasteiger partial charge in [-0.15, -0.1) is 0 Å². The molecule has 0 bridgehead atoms. The molecule has 1 aliphatic carbocycles. The molecule has 1 amide bonds. The summed E-state index contributed by atoms with van der Waals surface area (Å²) in [6.45, 7) is 0. The smallest absolute Gasteiger partial charge is 0.332 e. The second-order valence-corrected chi connectivity index (χ2v) is 6.40. The Bertz CT molecular complexity index is 1060.